The lowest BCUT2D eigenvalue weighted by Gasteiger charge is -2.43. The molecular weight excluding hydrogens is 286 g/mol. The molecular formula is C15H25N3O2S. The van der Waals surface area contributed by atoms with Crippen molar-refractivity contribution in [3.8, 4) is 0 Å². The molecule has 1 saturated carbocycles. The van der Waals surface area contributed by atoms with Crippen LogP contribution in [0.3, 0.4) is 0 Å². The van der Waals surface area contributed by atoms with Crippen molar-refractivity contribution in [3.63, 3.8) is 0 Å². The van der Waals surface area contributed by atoms with E-state index in [9.17, 15) is 8.42 Å². The lowest BCUT2D eigenvalue weighted by Crippen LogP contribution is -2.56. The third kappa shape index (κ3) is 3.81. The van der Waals surface area contributed by atoms with E-state index in [-0.39, 0.29) is 11.3 Å². The second kappa shape index (κ2) is 6.85. The maximum atomic E-state index is 12.6. The minimum Gasteiger partial charge on any atom is -0.329 e. The first-order valence-electron chi connectivity index (χ1n) is 7.57. The van der Waals surface area contributed by atoms with Gasteiger partial charge in [-0.05, 0) is 25.0 Å². The molecule has 1 heterocycles. The Hall–Kier alpha value is -0.980. The van der Waals surface area contributed by atoms with Crippen molar-refractivity contribution in [1.29, 1.82) is 0 Å². The van der Waals surface area contributed by atoms with Crippen LogP contribution in [0.1, 0.15) is 37.8 Å². The summed E-state index contributed by atoms with van der Waals surface area (Å²) in [5, 5.41) is 0. The van der Waals surface area contributed by atoms with Gasteiger partial charge in [-0.15, -0.1) is 0 Å². The lowest BCUT2D eigenvalue weighted by atomic mass is 9.82. The van der Waals surface area contributed by atoms with Crippen LogP contribution in [0.15, 0.2) is 24.4 Å². The number of hydrogen-bond acceptors (Lipinski definition) is 4. The molecule has 0 amide bonds. The molecule has 21 heavy (non-hydrogen) atoms. The first-order valence-corrected chi connectivity index (χ1v) is 9.18. The fraction of sp³-hybridized carbons (Fsp3) is 0.667. The number of hydrogen-bond donors (Lipinski definition) is 1. The number of sulfonamides is 1. The van der Waals surface area contributed by atoms with E-state index in [4.69, 9.17) is 5.73 Å². The maximum Gasteiger partial charge on any atom is 0.214 e. The molecule has 6 heteroatoms. The molecule has 2 N–H and O–H groups in total. The summed E-state index contributed by atoms with van der Waals surface area (Å²) in [5.74, 6) is 0.0856. The summed E-state index contributed by atoms with van der Waals surface area (Å²) in [6.07, 6.45) is 7.13. The van der Waals surface area contributed by atoms with E-state index >= 15 is 0 Å². The van der Waals surface area contributed by atoms with Gasteiger partial charge in [-0.2, -0.15) is 4.31 Å². The Kier molecular flexibility index (Phi) is 5.35. The van der Waals surface area contributed by atoms with Gasteiger partial charge in [-0.3, -0.25) is 4.98 Å². The van der Waals surface area contributed by atoms with Gasteiger partial charge >= 0.3 is 0 Å². The largest absolute Gasteiger partial charge is 0.329 e. The predicted octanol–water partition coefficient (Wildman–Crippen LogP) is 1.55. The molecule has 1 aliphatic carbocycles. The zero-order valence-electron chi connectivity index (χ0n) is 12.7. The van der Waals surface area contributed by atoms with Gasteiger partial charge in [0.1, 0.15) is 0 Å². The highest BCUT2D eigenvalue weighted by atomic mass is 32.2. The van der Waals surface area contributed by atoms with Crippen molar-refractivity contribution in [2.45, 2.75) is 44.1 Å². The standard InChI is InChI=1S/C15H25N3O2S/c1-18(15(13-16)9-4-2-5-10-15)21(19,20)12-8-14-7-3-6-11-17-14/h3,6-7,11H,2,4-5,8-10,12-13,16H2,1H3. The number of likely N-dealkylation sites (N-methyl/N-ethyl adjacent to an activating group) is 1. The average Bonchev–Trinajstić information content (AvgIpc) is 2.54. The minimum absolute atomic E-state index is 0.0856. The third-order valence-electron chi connectivity index (χ3n) is 4.59. The van der Waals surface area contributed by atoms with Crippen molar-refractivity contribution < 1.29 is 8.42 Å². The monoisotopic (exact) mass is 311 g/mol. The van der Waals surface area contributed by atoms with Gasteiger partial charge in [0.15, 0.2) is 0 Å². The molecule has 0 radical (unpaired) electrons. The number of rotatable bonds is 6. The highest BCUT2D eigenvalue weighted by Crippen LogP contribution is 2.33. The topological polar surface area (TPSA) is 76.3 Å². The molecule has 0 aromatic carbocycles. The molecule has 0 atom stereocenters. The summed E-state index contributed by atoms with van der Waals surface area (Å²) in [6.45, 7) is 0.395. The van der Waals surface area contributed by atoms with Crippen molar-refractivity contribution in [2.24, 2.45) is 5.73 Å². The van der Waals surface area contributed by atoms with Crippen molar-refractivity contribution in [1.82, 2.24) is 9.29 Å². The Morgan fingerprint density at radius 3 is 2.57 bits per heavy atom. The van der Waals surface area contributed by atoms with Crippen molar-refractivity contribution >= 4 is 10.0 Å². The van der Waals surface area contributed by atoms with E-state index < -0.39 is 10.0 Å². The third-order valence-corrected chi connectivity index (χ3v) is 6.53. The van der Waals surface area contributed by atoms with Gasteiger partial charge in [0.25, 0.3) is 0 Å². The van der Waals surface area contributed by atoms with Gasteiger partial charge in [-0.1, -0.05) is 25.3 Å². The highest BCUT2D eigenvalue weighted by molar-refractivity contribution is 7.89. The Labute approximate surface area is 127 Å². The predicted molar refractivity (Wildman–Crippen MR) is 84.4 cm³/mol. The van der Waals surface area contributed by atoms with Crippen LogP contribution in [-0.2, 0) is 16.4 Å². The smallest absolute Gasteiger partial charge is 0.214 e. The minimum atomic E-state index is -3.32. The number of nitrogens with zero attached hydrogens (tertiary/aromatic N) is 2. The molecule has 0 saturated heterocycles. The van der Waals surface area contributed by atoms with Crippen LogP contribution in [0.25, 0.3) is 0 Å². The van der Waals surface area contributed by atoms with Crippen LogP contribution in [0.2, 0.25) is 0 Å². The Balaban J connectivity index is 2.07. The molecule has 0 unspecified atom stereocenters. The van der Waals surface area contributed by atoms with Gasteiger partial charge < -0.3 is 5.73 Å². The first-order chi connectivity index (χ1) is 10.0. The number of aromatic nitrogens is 1. The molecule has 0 spiro atoms. The fourth-order valence-electron chi connectivity index (χ4n) is 3.07. The zero-order valence-corrected chi connectivity index (χ0v) is 13.5. The van der Waals surface area contributed by atoms with Gasteiger partial charge in [0.05, 0.1) is 5.75 Å². The zero-order chi connectivity index (χ0) is 15.3. The van der Waals surface area contributed by atoms with Crippen molar-refractivity contribution in [3.05, 3.63) is 30.1 Å². The van der Waals surface area contributed by atoms with Crippen LogP contribution in [-0.4, -0.2) is 42.6 Å². The quantitative estimate of drug-likeness (QED) is 0.865. The van der Waals surface area contributed by atoms with Gasteiger partial charge in [-0.25, -0.2) is 8.42 Å². The molecule has 1 aliphatic rings. The molecule has 5 nitrogen and oxygen atoms in total. The molecule has 1 aromatic heterocycles. The normalized spacial score (nSPS) is 18.8. The van der Waals surface area contributed by atoms with E-state index in [1.165, 1.54) is 6.42 Å². The van der Waals surface area contributed by atoms with E-state index in [2.05, 4.69) is 4.98 Å². The van der Waals surface area contributed by atoms with Crippen LogP contribution >= 0.6 is 0 Å². The molecule has 118 valence electrons. The summed E-state index contributed by atoms with van der Waals surface area (Å²) >= 11 is 0. The van der Waals surface area contributed by atoms with E-state index in [0.717, 1.165) is 31.4 Å². The Bertz CT molecular complexity index is 539. The van der Waals surface area contributed by atoms with E-state index in [0.29, 0.717) is 13.0 Å². The lowest BCUT2D eigenvalue weighted by molar-refractivity contribution is 0.159. The van der Waals surface area contributed by atoms with E-state index in [1.54, 1.807) is 17.5 Å². The Morgan fingerprint density at radius 1 is 1.29 bits per heavy atom. The van der Waals surface area contributed by atoms with Crippen LogP contribution < -0.4 is 5.73 Å². The average molecular weight is 311 g/mol. The number of pyridine rings is 1. The SMILES string of the molecule is CN(C1(CN)CCCCC1)S(=O)(=O)CCc1ccccn1. The van der Waals surface area contributed by atoms with Gasteiger partial charge in [0, 0.05) is 37.4 Å². The second-order valence-electron chi connectivity index (χ2n) is 5.84. The number of nitrogens with two attached hydrogens (primary N) is 1. The molecule has 0 bridgehead atoms. The summed E-state index contributed by atoms with van der Waals surface area (Å²) in [5.41, 5.74) is 6.34. The van der Waals surface area contributed by atoms with Gasteiger partial charge in [0.2, 0.25) is 10.0 Å². The molecule has 1 aromatic rings. The van der Waals surface area contributed by atoms with Crippen LogP contribution in [0.4, 0.5) is 0 Å². The van der Waals surface area contributed by atoms with Crippen molar-refractivity contribution in [2.75, 3.05) is 19.3 Å². The van der Waals surface area contributed by atoms with E-state index in [1.807, 2.05) is 18.2 Å². The Morgan fingerprint density at radius 2 is 2.00 bits per heavy atom. The fourth-order valence-corrected chi connectivity index (χ4v) is 4.66. The summed E-state index contributed by atoms with van der Waals surface area (Å²) in [7, 11) is -1.63. The maximum absolute atomic E-state index is 12.6. The molecule has 0 aliphatic heterocycles. The second-order valence-corrected chi connectivity index (χ2v) is 7.96. The summed E-state index contributed by atoms with van der Waals surface area (Å²) in [4.78, 5) is 4.18. The molecule has 1 fully saturated rings. The van der Waals surface area contributed by atoms with Crippen LogP contribution in [0, 0.1) is 0 Å². The summed E-state index contributed by atoms with van der Waals surface area (Å²) < 4.78 is 26.8. The summed E-state index contributed by atoms with van der Waals surface area (Å²) in [6, 6.07) is 5.56. The number of aryl methyl sites for hydroxylation is 1. The van der Waals surface area contributed by atoms with Crippen LogP contribution in [0.5, 0.6) is 0 Å². The first kappa shape index (κ1) is 16.4. The molecule has 2 rings (SSSR count). The highest BCUT2D eigenvalue weighted by Gasteiger charge is 2.40.